The average molecular weight is 373 g/mol. The summed E-state index contributed by atoms with van der Waals surface area (Å²) in [6.07, 6.45) is 3.97. The summed E-state index contributed by atoms with van der Waals surface area (Å²) < 4.78 is 26.3. The summed E-state index contributed by atoms with van der Waals surface area (Å²) in [7, 11) is -3.63. The topological polar surface area (TPSA) is 106 Å². The minimum absolute atomic E-state index is 0.00316. The smallest absolute Gasteiger partial charge is 0.274 e. The van der Waals surface area contributed by atoms with E-state index in [1.807, 2.05) is 10.7 Å². The molecule has 1 fully saturated rings. The Morgan fingerprint density at radius 1 is 1.46 bits per heavy atom. The third kappa shape index (κ3) is 4.05. The van der Waals surface area contributed by atoms with Gasteiger partial charge in [0.15, 0.2) is 0 Å². The molecule has 1 saturated heterocycles. The van der Waals surface area contributed by atoms with Crippen LogP contribution in [-0.4, -0.2) is 42.7 Å². The molecule has 1 unspecified atom stereocenters. The number of fused-ring (bicyclic) bond motifs is 1. The van der Waals surface area contributed by atoms with Crippen LogP contribution in [0.2, 0.25) is 0 Å². The summed E-state index contributed by atoms with van der Waals surface area (Å²) >= 11 is 1.57. The molecule has 134 valence electrons. The van der Waals surface area contributed by atoms with Crippen LogP contribution in [0.5, 0.6) is 0 Å². The second-order valence-corrected chi connectivity index (χ2v) is 9.65. The number of rotatable bonds is 4. The molecule has 0 amide bonds. The Bertz CT molecular complexity index is 789. The van der Waals surface area contributed by atoms with Crippen molar-refractivity contribution in [2.75, 3.05) is 24.5 Å². The van der Waals surface area contributed by atoms with E-state index < -0.39 is 10.2 Å². The molecular formula is C14H24N6O2S2. The number of anilines is 1. The third-order valence-corrected chi connectivity index (χ3v) is 5.72. The highest BCUT2D eigenvalue weighted by Crippen LogP contribution is 2.30. The minimum atomic E-state index is -3.63. The molecule has 10 heteroatoms. The monoisotopic (exact) mass is 372 g/mol. The Labute approximate surface area is 146 Å². The number of nitrogens with zero attached hydrogens (tertiary/aromatic N) is 4. The van der Waals surface area contributed by atoms with Gasteiger partial charge in [-0.05, 0) is 18.8 Å². The highest BCUT2D eigenvalue weighted by Gasteiger charge is 2.25. The quantitative estimate of drug-likeness (QED) is 0.836. The molecule has 3 rings (SSSR count). The molecule has 24 heavy (non-hydrogen) atoms. The lowest BCUT2D eigenvalue weighted by atomic mass is 9.93. The summed E-state index contributed by atoms with van der Waals surface area (Å²) in [5.74, 6) is 0.235. The van der Waals surface area contributed by atoms with Crippen molar-refractivity contribution in [2.45, 2.75) is 39.0 Å². The Morgan fingerprint density at radius 2 is 2.21 bits per heavy atom. The highest BCUT2D eigenvalue weighted by molar-refractivity contribution is 7.87. The van der Waals surface area contributed by atoms with Crippen molar-refractivity contribution >= 4 is 31.6 Å². The first-order valence-electron chi connectivity index (χ1n) is 8.01. The number of aromatic nitrogens is 3. The Balaban J connectivity index is 1.71. The van der Waals surface area contributed by atoms with E-state index in [4.69, 9.17) is 5.14 Å². The molecule has 1 aliphatic rings. The van der Waals surface area contributed by atoms with Crippen molar-refractivity contribution < 1.29 is 8.42 Å². The van der Waals surface area contributed by atoms with Gasteiger partial charge < -0.3 is 4.90 Å². The highest BCUT2D eigenvalue weighted by atomic mass is 32.2. The molecule has 1 aliphatic heterocycles. The largest absolute Gasteiger partial charge is 0.346 e. The van der Waals surface area contributed by atoms with Gasteiger partial charge >= 0.3 is 0 Å². The van der Waals surface area contributed by atoms with Gasteiger partial charge in [0.25, 0.3) is 10.2 Å². The van der Waals surface area contributed by atoms with E-state index in [9.17, 15) is 8.42 Å². The number of nitrogens with one attached hydrogen (secondary N) is 1. The maximum absolute atomic E-state index is 11.1. The van der Waals surface area contributed by atoms with Crippen molar-refractivity contribution in [3.63, 3.8) is 0 Å². The fourth-order valence-corrected chi connectivity index (χ4v) is 4.20. The van der Waals surface area contributed by atoms with Gasteiger partial charge in [0, 0.05) is 25.0 Å². The zero-order valence-electron chi connectivity index (χ0n) is 14.2. The van der Waals surface area contributed by atoms with Gasteiger partial charge in [-0.15, -0.1) is 5.10 Å². The van der Waals surface area contributed by atoms with Crippen molar-refractivity contribution in [3.8, 4) is 0 Å². The Hall–Kier alpha value is -1.23. The van der Waals surface area contributed by atoms with Crippen molar-refractivity contribution in [3.05, 3.63) is 11.9 Å². The molecule has 3 N–H and O–H groups in total. The van der Waals surface area contributed by atoms with E-state index >= 15 is 0 Å². The molecular weight excluding hydrogens is 348 g/mol. The van der Waals surface area contributed by atoms with Crippen LogP contribution in [-0.2, 0) is 15.6 Å². The van der Waals surface area contributed by atoms with Crippen molar-refractivity contribution in [2.24, 2.45) is 11.1 Å². The van der Waals surface area contributed by atoms with Gasteiger partial charge in [-0.25, -0.2) is 19.4 Å². The lowest BCUT2D eigenvalue weighted by Gasteiger charge is -2.32. The van der Waals surface area contributed by atoms with Crippen LogP contribution >= 0.6 is 11.3 Å². The number of hydrogen-bond donors (Lipinski definition) is 2. The minimum Gasteiger partial charge on any atom is -0.346 e. The summed E-state index contributed by atoms with van der Waals surface area (Å²) in [5, 5.41) is 10.6. The number of piperidine rings is 1. The molecule has 3 heterocycles. The first-order valence-corrected chi connectivity index (χ1v) is 10.4. The van der Waals surface area contributed by atoms with E-state index in [0.717, 1.165) is 41.7 Å². The summed E-state index contributed by atoms with van der Waals surface area (Å²) in [6, 6.07) is 0. The fraction of sp³-hybridized carbons (Fsp3) is 0.714. The van der Waals surface area contributed by atoms with Crippen LogP contribution in [0.15, 0.2) is 6.20 Å². The van der Waals surface area contributed by atoms with E-state index in [1.54, 1.807) is 11.3 Å². The zero-order valence-corrected chi connectivity index (χ0v) is 15.8. The normalized spacial score (nSPS) is 20.0. The standard InChI is InChI=1S/C14H24N6O2S2/c1-14(2,3)11-9-20-12(17-11)23-13(18-20)19-6-4-5-10(8-19)7-16-24(15,21)22/h9-10,16H,4-8H2,1-3H3,(H2,15,21,22). The van der Waals surface area contributed by atoms with Crippen LogP contribution in [0.3, 0.4) is 0 Å². The van der Waals surface area contributed by atoms with Crippen LogP contribution in [0, 0.1) is 5.92 Å². The van der Waals surface area contributed by atoms with Gasteiger partial charge in [0.1, 0.15) is 0 Å². The predicted molar refractivity (Wildman–Crippen MR) is 95.6 cm³/mol. The molecule has 2 aromatic heterocycles. The Morgan fingerprint density at radius 3 is 2.83 bits per heavy atom. The zero-order chi connectivity index (χ0) is 17.5. The molecule has 0 radical (unpaired) electrons. The van der Waals surface area contributed by atoms with E-state index in [-0.39, 0.29) is 11.3 Å². The van der Waals surface area contributed by atoms with Gasteiger partial charge in [-0.1, -0.05) is 32.1 Å². The van der Waals surface area contributed by atoms with E-state index in [1.165, 1.54) is 0 Å². The van der Waals surface area contributed by atoms with Crippen LogP contribution in [0.1, 0.15) is 39.3 Å². The first-order chi connectivity index (χ1) is 11.1. The first kappa shape index (κ1) is 17.6. The number of imidazole rings is 1. The van der Waals surface area contributed by atoms with Crippen LogP contribution in [0.25, 0.3) is 4.96 Å². The maximum atomic E-state index is 11.1. The van der Waals surface area contributed by atoms with Crippen LogP contribution < -0.4 is 14.8 Å². The SMILES string of the molecule is CC(C)(C)c1cn2nc(N3CCCC(CNS(N)(=O)=O)C3)sc2n1. The molecule has 0 saturated carbocycles. The maximum Gasteiger partial charge on any atom is 0.274 e. The lowest BCUT2D eigenvalue weighted by molar-refractivity contribution is 0.410. The summed E-state index contributed by atoms with van der Waals surface area (Å²) in [5.41, 5.74) is 1.03. The van der Waals surface area contributed by atoms with E-state index in [0.29, 0.717) is 6.54 Å². The second-order valence-electron chi connectivity index (χ2n) is 7.34. The van der Waals surface area contributed by atoms with Crippen molar-refractivity contribution in [1.29, 1.82) is 0 Å². The summed E-state index contributed by atoms with van der Waals surface area (Å²) in [4.78, 5) is 7.76. The summed E-state index contributed by atoms with van der Waals surface area (Å²) in [6.45, 7) is 8.46. The lowest BCUT2D eigenvalue weighted by Crippen LogP contribution is -2.42. The van der Waals surface area contributed by atoms with Gasteiger partial charge in [0.05, 0.1) is 11.9 Å². The second kappa shape index (κ2) is 6.25. The molecule has 1 atom stereocenters. The predicted octanol–water partition coefficient (Wildman–Crippen LogP) is 1.10. The molecule has 0 bridgehead atoms. The molecule has 0 aliphatic carbocycles. The third-order valence-electron chi connectivity index (χ3n) is 4.16. The van der Waals surface area contributed by atoms with E-state index in [2.05, 4.69) is 40.5 Å². The molecule has 0 aromatic carbocycles. The Kier molecular flexibility index (Phi) is 4.58. The van der Waals surface area contributed by atoms with Gasteiger partial charge in [0.2, 0.25) is 10.1 Å². The molecule has 8 nitrogen and oxygen atoms in total. The van der Waals surface area contributed by atoms with Crippen molar-refractivity contribution in [1.82, 2.24) is 19.3 Å². The molecule has 0 spiro atoms. The average Bonchev–Trinajstić information content (AvgIpc) is 3.02. The van der Waals surface area contributed by atoms with Gasteiger partial charge in [-0.2, -0.15) is 8.42 Å². The fourth-order valence-electron chi connectivity index (χ4n) is 2.82. The van der Waals surface area contributed by atoms with Gasteiger partial charge in [-0.3, -0.25) is 0 Å². The number of hydrogen-bond acceptors (Lipinski definition) is 6. The van der Waals surface area contributed by atoms with Crippen LogP contribution in [0.4, 0.5) is 5.13 Å². The number of nitrogens with two attached hydrogens (primary N) is 1. The molecule has 2 aromatic rings.